The molecule has 0 spiro atoms. The third-order valence-corrected chi connectivity index (χ3v) is 5.39. The van der Waals surface area contributed by atoms with Gasteiger partial charge in [-0.3, -0.25) is 0 Å². The van der Waals surface area contributed by atoms with E-state index < -0.39 is 0 Å². The molecule has 2 heterocycles. The Kier molecular flexibility index (Phi) is 5.16. The van der Waals surface area contributed by atoms with Crippen molar-refractivity contribution < 1.29 is 0 Å². The molecule has 0 amide bonds. The van der Waals surface area contributed by atoms with Crippen LogP contribution in [-0.2, 0) is 5.41 Å². The molecule has 4 rings (SSSR count). The highest BCUT2D eigenvalue weighted by atomic mass is 35.5. The van der Waals surface area contributed by atoms with E-state index in [1.807, 2.05) is 49.1 Å². The lowest BCUT2D eigenvalue weighted by molar-refractivity contribution is 0.569. The largest absolute Gasteiger partial charge is 0.378 e. The summed E-state index contributed by atoms with van der Waals surface area (Å²) in [5, 5.41) is 8.82. The Morgan fingerprint density at radius 3 is 2.30 bits per heavy atom. The van der Waals surface area contributed by atoms with Crippen molar-refractivity contribution in [1.82, 2.24) is 14.6 Å². The Bertz CT molecular complexity index is 1190. The molecule has 0 aliphatic carbocycles. The second-order valence-electron chi connectivity index (χ2n) is 8.62. The number of hydrogen-bond donors (Lipinski definition) is 1. The first-order chi connectivity index (χ1) is 14.2. The highest BCUT2D eigenvalue weighted by Gasteiger charge is 2.21. The van der Waals surface area contributed by atoms with Crippen LogP contribution in [0.5, 0.6) is 0 Å². The lowest BCUT2D eigenvalue weighted by Gasteiger charge is -2.20. The van der Waals surface area contributed by atoms with Gasteiger partial charge in [0.1, 0.15) is 5.82 Å². The van der Waals surface area contributed by atoms with Crippen molar-refractivity contribution >= 4 is 34.4 Å². The van der Waals surface area contributed by atoms with Crippen molar-refractivity contribution in [3.05, 3.63) is 71.5 Å². The van der Waals surface area contributed by atoms with Gasteiger partial charge in [-0.2, -0.15) is 9.61 Å². The summed E-state index contributed by atoms with van der Waals surface area (Å²) in [4.78, 5) is 7.04. The van der Waals surface area contributed by atoms with Crippen LogP contribution in [0.15, 0.2) is 60.8 Å². The van der Waals surface area contributed by atoms with Crippen LogP contribution < -0.4 is 10.2 Å². The average molecular weight is 420 g/mol. The van der Waals surface area contributed by atoms with Crippen LogP contribution >= 0.6 is 11.6 Å². The zero-order valence-electron chi connectivity index (χ0n) is 17.9. The number of nitrogens with zero attached hydrogens (tertiary/aromatic N) is 4. The summed E-state index contributed by atoms with van der Waals surface area (Å²) in [5.41, 5.74) is 5.62. The molecule has 2 aromatic heterocycles. The SMILES string of the molecule is CN(C)c1ccc(Nc2cc(C(C)(C)C)nc3c(-c4ccccc4Cl)cnn23)cc1. The van der Waals surface area contributed by atoms with Crippen molar-refractivity contribution in [3.8, 4) is 11.1 Å². The van der Waals surface area contributed by atoms with Gasteiger partial charge in [-0.15, -0.1) is 0 Å². The third-order valence-electron chi connectivity index (χ3n) is 5.06. The normalized spacial score (nSPS) is 11.7. The summed E-state index contributed by atoms with van der Waals surface area (Å²) in [6, 6.07) is 18.2. The van der Waals surface area contributed by atoms with E-state index in [1.54, 1.807) is 0 Å². The van der Waals surface area contributed by atoms with Crippen LogP contribution in [0, 0.1) is 0 Å². The van der Waals surface area contributed by atoms with Gasteiger partial charge >= 0.3 is 0 Å². The summed E-state index contributed by atoms with van der Waals surface area (Å²) >= 11 is 6.47. The fourth-order valence-electron chi connectivity index (χ4n) is 3.30. The molecule has 0 bridgehead atoms. The molecule has 0 fully saturated rings. The number of anilines is 3. The predicted molar refractivity (Wildman–Crippen MR) is 126 cm³/mol. The Labute approximate surface area is 182 Å². The van der Waals surface area contributed by atoms with Crippen LogP contribution in [0.4, 0.5) is 17.2 Å². The van der Waals surface area contributed by atoms with Crippen LogP contribution in [0.25, 0.3) is 16.8 Å². The van der Waals surface area contributed by atoms with Crippen LogP contribution in [-0.4, -0.2) is 28.7 Å². The van der Waals surface area contributed by atoms with E-state index in [9.17, 15) is 0 Å². The van der Waals surface area contributed by atoms with Gasteiger partial charge < -0.3 is 10.2 Å². The molecular formula is C24H26ClN5. The number of aromatic nitrogens is 3. The molecule has 0 saturated heterocycles. The zero-order chi connectivity index (χ0) is 21.5. The maximum absolute atomic E-state index is 6.47. The van der Waals surface area contributed by atoms with Gasteiger partial charge in [-0.05, 0) is 30.3 Å². The molecule has 1 N–H and O–H groups in total. The van der Waals surface area contributed by atoms with Gasteiger partial charge in [0.2, 0.25) is 0 Å². The number of fused-ring (bicyclic) bond motifs is 1. The first-order valence-electron chi connectivity index (χ1n) is 9.92. The van der Waals surface area contributed by atoms with Gasteiger partial charge in [0.25, 0.3) is 0 Å². The van der Waals surface area contributed by atoms with E-state index >= 15 is 0 Å². The minimum absolute atomic E-state index is 0.116. The van der Waals surface area contributed by atoms with Gasteiger partial charge in [-0.1, -0.05) is 50.6 Å². The molecule has 5 nitrogen and oxygen atoms in total. The first-order valence-corrected chi connectivity index (χ1v) is 10.3. The summed E-state index contributed by atoms with van der Waals surface area (Å²) in [5.74, 6) is 0.862. The van der Waals surface area contributed by atoms with Crippen molar-refractivity contribution in [1.29, 1.82) is 0 Å². The smallest absolute Gasteiger partial charge is 0.165 e. The minimum atomic E-state index is -0.116. The quantitative estimate of drug-likeness (QED) is 0.430. The van der Waals surface area contributed by atoms with Crippen molar-refractivity contribution in [2.24, 2.45) is 0 Å². The van der Waals surface area contributed by atoms with Gasteiger partial charge in [0, 0.05) is 53.1 Å². The Morgan fingerprint density at radius 1 is 0.967 bits per heavy atom. The Hall–Kier alpha value is -3.05. The summed E-state index contributed by atoms with van der Waals surface area (Å²) in [6.07, 6.45) is 1.83. The van der Waals surface area contributed by atoms with E-state index in [-0.39, 0.29) is 5.41 Å². The maximum Gasteiger partial charge on any atom is 0.165 e. The number of nitrogens with one attached hydrogen (secondary N) is 1. The second kappa shape index (κ2) is 7.65. The molecular weight excluding hydrogens is 394 g/mol. The van der Waals surface area contributed by atoms with Crippen LogP contribution in [0.1, 0.15) is 26.5 Å². The average Bonchev–Trinajstić information content (AvgIpc) is 3.12. The minimum Gasteiger partial charge on any atom is -0.378 e. The lowest BCUT2D eigenvalue weighted by Crippen LogP contribution is -2.16. The van der Waals surface area contributed by atoms with Crippen molar-refractivity contribution in [2.75, 3.05) is 24.3 Å². The molecule has 30 heavy (non-hydrogen) atoms. The van der Waals surface area contributed by atoms with E-state index in [2.05, 4.69) is 66.4 Å². The molecule has 4 aromatic rings. The highest BCUT2D eigenvalue weighted by molar-refractivity contribution is 6.33. The second-order valence-corrected chi connectivity index (χ2v) is 9.02. The Morgan fingerprint density at radius 2 is 1.67 bits per heavy atom. The fraction of sp³-hybridized carbons (Fsp3) is 0.250. The van der Waals surface area contributed by atoms with Gasteiger partial charge in [0.15, 0.2) is 5.65 Å². The fourth-order valence-corrected chi connectivity index (χ4v) is 3.53. The molecule has 154 valence electrons. The van der Waals surface area contributed by atoms with Gasteiger partial charge in [0.05, 0.1) is 11.9 Å². The molecule has 0 unspecified atom stereocenters. The molecule has 0 atom stereocenters. The standard InChI is InChI=1S/C24H26ClN5/c1-24(2,3)21-14-22(27-16-10-12-17(13-11-16)29(4)5)30-23(28-21)19(15-26-30)18-8-6-7-9-20(18)25/h6-15,27H,1-5H3. The summed E-state index contributed by atoms with van der Waals surface area (Å²) in [6.45, 7) is 6.48. The number of rotatable bonds is 4. The topological polar surface area (TPSA) is 45.5 Å². The number of hydrogen-bond acceptors (Lipinski definition) is 4. The molecule has 6 heteroatoms. The number of halogens is 1. The van der Waals surface area contributed by atoms with Gasteiger partial charge in [-0.25, -0.2) is 4.98 Å². The van der Waals surface area contributed by atoms with E-state index in [0.717, 1.165) is 39.7 Å². The third kappa shape index (κ3) is 3.85. The molecule has 0 saturated carbocycles. The van der Waals surface area contributed by atoms with E-state index in [1.165, 1.54) is 0 Å². The van der Waals surface area contributed by atoms with Crippen molar-refractivity contribution in [2.45, 2.75) is 26.2 Å². The molecule has 2 aromatic carbocycles. The molecule has 0 aliphatic heterocycles. The van der Waals surface area contributed by atoms with E-state index in [0.29, 0.717) is 5.02 Å². The molecule has 0 radical (unpaired) electrons. The maximum atomic E-state index is 6.47. The predicted octanol–water partition coefficient (Wildman–Crippen LogP) is 6.16. The van der Waals surface area contributed by atoms with Crippen LogP contribution in [0.2, 0.25) is 5.02 Å². The summed E-state index contributed by atoms with van der Waals surface area (Å²) in [7, 11) is 4.06. The lowest BCUT2D eigenvalue weighted by atomic mass is 9.92. The zero-order valence-corrected chi connectivity index (χ0v) is 18.7. The first kappa shape index (κ1) is 20.2. The number of benzene rings is 2. The van der Waals surface area contributed by atoms with Crippen LogP contribution in [0.3, 0.4) is 0 Å². The monoisotopic (exact) mass is 419 g/mol. The summed E-state index contributed by atoms with van der Waals surface area (Å²) < 4.78 is 1.84. The van der Waals surface area contributed by atoms with E-state index in [4.69, 9.17) is 16.6 Å². The molecule has 0 aliphatic rings. The van der Waals surface area contributed by atoms with Crippen molar-refractivity contribution in [3.63, 3.8) is 0 Å². The highest BCUT2D eigenvalue weighted by Crippen LogP contribution is 2.33. The Balaban J connectivity index is 1.85.